The molecular formula is C17H24N6O. The Morgan fingerprint density at radius 3 is 2.62 bits per heavy atom. The fourth-order valence-corrected chi connectivity index (χ4v) is 2.16. The van der Waals surface area contributed by atoms with Crippen LogP contribution in [0.5, 0.6) is 0 Å². The number of hydrogen-bond acceptors (Lipinski definition) is 3. The second-order valence-corrected chi connectivity index (χ2v) is 5.31. The molecule has 2 rings (SSSR count). The molecule has 0 atom stereocenters. The van der Waals surface area contributed by atoms with Gasteiger partial charge in [-0.1, -0.05) is 6.07 Å². The molecule has 0 aliphatic rings. The van der Waals surface area contributed by atoms with Crippen LogP contribution in [0.4, 0.5) is 5.82 Å². The lowest BCUT2D eigenvalue weighted by molar-refractivity contribution is -0.116. The SMILES string of the molecule is CN=C(NCCC(=O)Nc1cccc(C)n1)NCCn1cccc1. The molecule has 7 heteroatoms. The van der Waals surface area contributed by atoms with E-state index in [1.165, 1.54) is 0 Å². The Balaban J connectivity index is 1.64. The average molecular weight is 328 g/mol. The molecule has 0 radical (unpaired) electrons. The van der Waals surface area contributed by atoms with Crippen molar-refractivity contribution >= 4 is 17.7 Å². The molecular weight excluding hydrogens is 304 g/mol. The summed E-state index contributed by atoms with van der Waals surface area (Å²) in [6, 6.07) is 9.52. The summed E-state index contributed by atoms with van der Waals surface area (Å²) < 4.78 is 2.09. The number of amides is 1. The largest absolute Gasteiger partial charge is 0.356 e. The van der Waals surface area contributed by atoms with Crippen molar-refractivity contribution in [3.8, 4) is 0 Å². The van der Waals surface area contributed by atoms with Gasteiger partial charge in [0.1, 0.15) is 5.82 Å². The summed E-state index contributed by atoms with van der Waals surface area (Å²) >= 11 is 0. The van der Waals surface area contributed by atoms with Crippen molar-refractivity contribution < 1.29 is 4.79 Å². The van der Waals surface area contributed by atoms with Crippen molar-refractivity contribution in [3.05, 3.63) is 48.4 Å². The molecule has 0 saturated heterocycles. The van der Waals surface area contributed by atoms with Crippen LogP contribution in [0.3, 0.4) is 0 Å². The molecule has 0 bridgehead atoms. The summed E-state index contributed by atoms with van der Waals surface area (Å²) in [5.41, 5.74) is 0.873. The topological polar surface area (TPSA) is 83.3 Å². The van der Waals surface area contributed by atoms with E-state index in [9.17, 15) is 4.79 Å². The smallest absolute Gasteiger partial charge is 0.227 e. The van der Waals surface area contributed by atoms with Gasteiger partial charge in [0.25, 0.3) is 0 Å². The molecule has 7 nitrogen and oxygen atoms in total. The third-order valence-electron chi connectivity index (χ3n) is 3.35. The van der Waals surface area contributed by atoms with Crippen LogP contribution in [0.2, 0.25) is 0 Å². The van der Waals surface area contributed by atoms with Gasteiger partial charge in [0, 0.05) is 51.2 Å². The molecule has 2 aromatic heterocycles. The van der Waals surface area contributed by atoms with Gasteiger partial charge in [-0.05, 0) is 31.2 Å². The minimum Gasteiger partial charge on any atom is -0.356 e. The number of carbonyl (C=O) groups excluding carboxylic acids is 1. The van der Waals surface area contributed by atoms with Crippen molar-refractivity contribution in [1.29, 1.82) is 0 Å². The van der Waals surface area contributed by atoms with E-state index in [2.05, 4.69) is 30.5 Å². The number of hydrogen-bond donors (Lipinski definition) is 3. The molecule has 0 unspecified atom stereocenters. The van der Waals surface area contributed by atoms with Gasteiger partial charge in [0.2, 0.25) is 5.91 Å². The molecule has 0 spiro atoms. The van der Waals surface area contributed by atoms with Gasteiger partial charge >= 0.3 is 0 Å². The molecule has 2 aromatic rings. The Labute approximate surface area is 142 Å². The minimum absolute atomic E-state index is 0.0802. The highest BCUT2D eigenvalue weighted by atomic mass is 16.1. The number of aromatic nitrogens is 2. The second-order valence-electron chi connectivity index (χ2n) is 5.31. The lowest BCUT2D eigenvalue weighted by atomic mass is 10.3. The van der Waals surface area contributed by atoms with E-state index in [0.29, 0.717) is 24.7 Å². The van der Waals surface area contributed by atoms with Crippen molar-refractivity contribution in [1.82, 2.24) is 20.2 Å². The molecule has 0 saturated carbocycles. The first-order valence-electron chi connectivity index (χ1n) is 7.96. The normalized spacial score (nSPS) is 11.2. The highest BCUT2D eigenvalue weighted by Gasteiger charge is 2.04. The highest BCUT2D eigenvalue weighted by Crippen LogP contribution is 2.03. The summed E-state index contributed by atoms with van der Waals surface area (Å²) in [4.78, 5) is 20.3. The number of anilines is 1. The number of carbonyl (C=O) groups is 1. The summed E-state index contributed by atoms with van der Waals surface area (Å²) in [7, 11) is 1.71. The molecule has 0 aromatic carbocycles. The summed E-state index contributed by atoms with van der Waals surface area (Å²) in [5, 5.41) is 9.12. The average Bonchev–Trinajstić information content (AvgIpc) is 3.06. The molecule has 0 fully saturated rings. The van der Waals surface area contributed by atoms with Gasteiger partial charge in [-0.3, -0.25) is 9.79 Å². The van der Waals surface area contributed by atoms with Crippen molar-refractivity contribution in [3.63, 3.8) is 0 Å². The van der Waals surface area contributed by atoms with Crippen LogP contribution >= 0.6 is 0 Å². The molecule has 0 aliphatic heterocycles. The third kappa shape index (κ3) is 6.12. The number of nitrogens with one attached hydrogen (secondary N) is 3. The Hall–Kier alpha value is -2.83. The molecule has 24 heavy (non-hydrogen) atoms. The van der Waals surface area contributed by atoms with E-state index in [-0.39, 0.29) is 5.91 Å². The molecule has 1 amide bonds. The highest BCUT2D eigenvalue weighted by molar-refractivity contribution is 5.90. The van der Waals surface area contributed by atoms with Crippen LogP contribution in [-0.4, -0.2) is 41.6 Å². The van der Waals surface area contributed by atoms with Crippen LogP contribution in [0.15, 0.2) is 47.7 Å². The first-order valence-corrected chi connectivity index (χ1v) is 7.96. The van der Waals surface area contributed by atoms with Gasteiger partial charge in [-0.15, -0.1) is 0 Å². The van der Waals surface area contributed by atoms with Crippen molar-refractivity contribution in [2.75, 3.05) is 25.5 Å². The molecule has 2 heterocycles. The maximum Gasteiger partial charge on any atom is 0.227 e. The van der Waals surface area contributed by atoms with E-state index in [1.807, 2.05) is 43.6 Å². The Morgan fingerprint density at radius 1 is 1.17 bits per heavy atom. The van der Waals surface area contributed by atoms with Crippen LogP contribution in [0, 0.1) is 6.92 Å². The monoisotopic (exact) mass is 328 g/mol. The van der Waals surface area contributed by atoms with Crippen molar-refractivity contribution in [2.45, 2.75) is 19.9 Å². The zero-order valence-corrected chi connectivity index (χ0v) is 14.1. The number of aryl methyl sites for hydroxylation is 1. The van der Waals surface area contributed by atoms with E-state index >= 15 is 0 Å². The van der Waals surface area contributed by atoms with Gasteiger partial charge < -0.3 is 20.5 Å². The van der Waals surface area contributed by atoms with E-state index in [4.69, 9.17) is 0 Å². The zero-order valence-electron chi connectivity index (χ0n) is 14.1. The summed E-state index contributed by atoms with van der Waals surface area (Å²) in [5.74, 6) is 1.18. The number of rotatable bonds is 7. The van der Waals surface area contributed by atoms with Crippen LogP contribution in [-0.2, 0) is 11.3 Å². The van der Waals surface area contributed by atoms with Crippen LogP contribution in [0.25, 0.3) is 0 Å². The second kappa shape index (κ2) is 9.34. The van der Waals surface area contributed by atoms with Crippen molar-refractivity contribution in [2.24, 2.45) is 4.99 Å². The zero-order chi connectivity index (χ0) is 17.2. The third-order valence-corrected chi connectivity index (χ3v) is 3.35. The standard InChI is InChI=1S/C17H24N6O/c1-14-6-5-7-15(21-14)22-16(24)8-9-19-17(18-2)20-10-13-23-11-3-4-12-23/h3-7,11-12H,8-10,13H2,1-2H3,(H2,18,19,20)(H,21,22,24). The number of aliphatic imine (C=N–C) groups is 1. The molecule has 128 valence electrons. The van der Waals surface area contributed by atoms with Crippen LogP contribution in [0.1, 0.15) is 12.1 Å². The first kappa shape index (κ1) is 17.5. The lowest BCUT2D eigenvalue weighted by Crippen LogP contribution is -2.40. The van der Waals surface area contributed by atoms with E-state index in [1.54, 1.807) is 13.1 Å². The van der Waals surface area contributed by atoms with Gasteiger partial charge in [-0.2, -0.15) is 0 Å². The summed E-state index contributed by atoms with van der Waals surface area (Å²) in [6.45, 7) is 4.00. The maximum absolute atomic E-state index is 11.9. The predicted octanol–water partition coefficient (Wildman–Crippen LogP) is 1.39. The first-order chi connectivity index (χ1) is 11.7. The van der Waals surface area contributed by atoms with E-state index in [0.717, 1.165) is 18.8 Å². The fourth-order valence-electron chi connectivity index (χ4n) is 2.16. The van der Waals surface area contributed by atoms with Gasteiger partial charge in [-0.25, -0.2) is 4.98 Å². The van der Waals surface area contributed by atoms with Crippen LogP contribution < -0.4 is 16.0 Å². The maximum atomic E-state index is 11.9. The Morgan fingerprint density at radius 2 is 1.92 bits per heavy atom. The number of guanidine groups is 1. The number of nitrogens with zero attached hydrogens (tertiary/aromatic N) is 3. The quantitative estimate of drug-likeness (QED) is 0.530. The Kier molecular flexibility index (Phi) is 6.82. The number of pyridine rings is 1. The minimum atomic E-state index is -0.0802. The lowest BCUT2D eigenvalue weighted by Gasteiger charge is -2.12. The fraction of sp³-hybridized carbons (Fsp3) is 0.353. The summed E-state index contributed by atoms with van der Waals surface area (Å²) in [6.07, 6.45) is 4.37. The van der Waals surface area contributed by atoms with E-state index < -0.39 is 0 Å². The van der Waals surface area contributed by atoms with Gasteiger partial charge in [0.15, 0.2) is 5.96 Å². The Bertz CT molecular complexity index is 665. The molecule has 3 N–H and O–H groups in total. The van der Waals surface area contributed by atoms with Gasteiger partial charge in [0.05, 0.1) is 0 Å². The predicted molar refractivity (Wildman–Crippen MR) is 96.0 cm³/mol. The molecule has 0 aliphatic carbocycles.